The molecular weight excluding hydrogens is 268 g/mol. The molecule has 0 spiro atoms. The predicted molar refractivity (Wildman–Crippen MR) is 63.6 cm³/mol. The van der Waals surface area contributed by atoms with Crippen LogP contribution >= 0.6 is 0 Å². The SMILES string of the molecule is N[C@@H](CCC(=O)[O-])C(=O)[O-].[NH3+]C1(C(=O)O)CCCCC1. The van der Waals surface area contributed by atoms with Crippen LogP contribution in [0.15, 0.2) is 0 Å². The van der Waals surface area contributed by atoms with E-state index in [1.807, 2.05) is 0 Å². The van der Waals surface area contributed by atoms with E-state index in [4.69, 9.17) is 10.8 Å². The Hall–Kier alpha value is -1.67. The highest BCUT2D eigenvalue weighted by atomic mass is 16.4. The van der Waals surface area contributed by atoms with Crippen LogP contribution in [0.25, 0.3) is 0 Å². The van der Waals surface area contributed by atoms with Gasteiger partial charge in [0.05, 0.1) is 5.97 Å². The zero-order chi connectivity index (χ0) is 15.8. The summed E-state index contributed by atoms with van der Waals surface area (Å²) in [7, 11) is 0. The molecule has 0 radical (unpaired) electrons. The van der Waals surface area contributed by atoms with Crippen molar-refractivity contribution >= 4 is 17.9 Å². The van der Waals surface area contributed by atoms with Gasteiger partial charge in [-0.3, -0.25) is 0 Å². The lowest BCUT2D eigenvalue weighted by Crippen LogP contribution is -2.77. The van der Waals surface area contributed by atoms with Crippen molar-refractivity contribution in [2.75, 3.05) is 0 Å². The molecule has 1 fully saturated rings. The Bertz CT molecular complexity index is 352. The minimum atomic E-state index is -1.44. The molecule has 0 heterocycles. The van der Waals surface area contributed by atoms with Crippen molar-refractivity contribution in [3.05, 3.63) is 0 Å². The Morgan fingerprint density at radius 1 is 1.20 bits per heavy atom. The molecule has 0 saturated heterocycles. The van der Waals surface area contributed by atoms with E-state index < -0.39 is 29.5 Å². The third kappa shape index (κ3) is 7.05. The van der Waals surface area contributed by atoms with Crippen molar-refractivity contribution in [3.8, 4) is 0 Å². The Balaban J connectivity index is 0.000000361. The van der Waals surface area contributed by atoms with Crippen LogP contribution in [-0.2, 0) is 14.4 Å². The minimum Gasteiger partial charge on any atom is -0.550 e. The molecule has 8 nitrogen and oxygen atoms in total. The second-order valence-corrected chi connectivity index (χ2v) is 4.98. The van der Waals surface area contributed by atoms with Crippen LogP contribution in [0.5, 0.6) is 0 Å². The highest BCUT2D eigenvalue weighted by Crippen LogP contribution is 2.23. The fourth-order valence-electron chi connectivity index (χ4n) is 1.83. The molecule has 1 aliphatic carbocycles. The van der Waals surface area contributed by atoms with E-state index in [2.05, 4.69) is 5.73 Å². The van der Waals surface area contributed by atoms with Crippen molar-refractivity contribution in [1.29, 1.82) is 0 Å². The van der Waals surface area contributed by atoms with Crippen LogP contribution in [-0.4, -0.2) is 34.6 Å². The average molecular weight is 289 g/mol. The molecule has 0 unspecified atom stereocenters. The molecular formula is C12H21N2O6-. The highest BCUT2D eigenvalue weighted by molar-refractivity contribution is 5.76. The maximum absolute atomic E-state index is 10.6. The lowest BCUT2D eigenvalue weighted by molar-refractivity contribution is -0.468. The number of aliphatic carboxylic acids is 3. The van der Waals surface area contributed by atoms with Crippen molar-refractivity contribution < 1.29 is 35.4 Å². The molecule has 0 aromatic heterocycles. The predicted octanol–water partition coefficient (Wildman–Crippen LogP) is -3.39. The number of carbonyl (C=O) groups excluding carboxylic acids is 2. The lowest BCUT2D eigenvalue weighted by Gasteiger charge is -2.24. The molecule has 0 aromatic rings. The lowest BCUT2D eigenvalue weighted by atomic mass is 9.83. The molecule has 0 aliphatic heterocycles. The van der Waals surface area contributed by atoms with Crippen LogP contribution in [0, 0.1) is 0 Å². The first kappa shape index (κ1) is 18.3. The molecule has 1 rings (SSSR count). The Labute approximate surface area is 116 Å². The minimum absolute atomic E-state index is 0.148. The van der Waals surface area contributed by atoms with Gasteiger partial charge in [-0.2, -0.15) is 0 Å². The monoisotopic (exact) mass is 289 g/mol. The molecule has 20 heavy (non-hydrogen) atoms. The van der Waals surface area contributed by atoms with Gasteiger partial charge < -0.3 is 36.4 Å². The standard InChI is InChI=1S/C7H13NO2.C5H9NO4/c8-7(6(9)10)4-2-1-3-5-7;6-3(5(9)10)1-2-4(7)8/h1-5,8H2,(H,9,10);3H,1-2,6H2,(H,7,8)(H,9,10)/p-1/t;3-/m.0/s1. The van der Waals surface area contributed by atoms with E-state index in [-0.39, 0.29) is 12.8 Å². The number of hydrogen-bond donors (Lipinski definition) is 3. The van der Waals surface area contributed by atoms with Gasteiger partial charge in [-0.25, -0.2) is 4.79 Å². The smallest absolute Gasteiger partial charge is 0.365 e. The van der Waals surface area contributed by atoms with Crippen molar-refractivity contribution in [2.24, 2.45) is 5.73 Å². The summed E-state index contributed by atoms with van der Waals surface area (Å²) in [6, 6.07) is -1.21. The van der Waals surface area contributed by atoms with E-state index in [9.17, 15) is 24.6 Å². The first-order valence-corrected chi connectivity index (χ1v) is 6.44. The molecule has 1 aliphatic rings. The van der Waals surface area contributed by atoms with Crippen LogP contribution in [0.2, 0.25) is 0 Å². The third-order valence-electron chi connectivity index (χ3n) is 3.23. The fraction of sp³-hybridized carbons (Fsp3) is 0.750. The van der Waals surface area contributed by atoms with E-state index in [1.54, 1.807) is 0 Å². The Morgan fingerprint density at radius 3 is 2.00 bits per heavy atom. The second-order valence-electron chi connectivity index (χ2n) is 4.98. The fourth-order valence-corrected chi connectivity index (χ4v) is 1.83. The van der Waals surface area contributed by atoms with E-state index in [0.29, 0.717) is 0 Å². The number of carboxylic acid groups (broad SMARTS) is 3. The molecule has 6 N–H and O–H groups in total. The summed E-state index contributed by atoms with van der Waals surface area (Å²) in [4.78, 5) is 30.2. The molecule has 116 valence electrons. The number of hydrogen-bond acceptors (Lipinski definition) is 6. The normalized spacial score (nSPS) is 18.3. The summed E-state index contributed by atoms with van der Waals surface area (Å²) in [5.74, 6) is -3.48. The molecule has 0 amide bonds. The van der Waals surface area contributed by atoms with Gasteiger partial charge in [0, 0.05) is 24.9 Å². The summed E-state index contributed by atoms with van der Waals surface area (Å²) in [6.07, 6.45) is 4.22. The van der Waals surface area contributed by atoms with Crippen LogP contribution in [0.3, 0.4) is 0 Å². The molecule has 0 aromatic carbocycles. The number of nitrogens with two attached hydrogens (primary N) is 1. The second kappa shape index (κ2) is 8.49. The molecule has 0 bridgehead atoms. The van der Waals surface area contributed by atoms with Gasteiger partial charge in [-0.1, -0.05) is 6.42 Å². The maximum Gasteiger partial charge on any atom is 0.365 e. The van der Waals surface area contributed by atoms with E-state index in [0.717, 1.165) is 25.7 Å². The first-order valence-electron chi connectivity index (χ1n) is 6.44. The number of rotatable bonds is 5. The van der Waals surface area contributed by atoms with Crippen molar-refractivity contribution in [2.45, 2.75) is 56.5 Å². The average Bonchev–Trinajstić information content (AvgIpc) is 2.37. The van der Waals surface area contributed by atoms with E-state index >= 15 is 0 Å². The Kier molecular flexibility index (Phi) is 7.78. The zero-order valence-corrected chi connectivity index (χ0v) is 11.3. The highest BCUT2D eigenvalue weighted by Gasteiger charge is 2.39. The summed E-state index contributed by atoms with van der Waals surface area (Å²) in [5, 5.41) is 28.3. The largest absolute Gasteiger partial charge is 0.550 e. The molecule has 1 saturated carbocycles. The van der Waals surface area contributed by atoms with E-state index in [1.165, 1.54) is 6.42 Å². The summed E-state index contributed by atoms with van der Waals surface area (Å²) in [5.41, 5.74) is 7.99. The molecule has 8 heteroatoms. The van der Waals surface area contributed by atoms with Crippen molar-refractivity contribution in [3.63, 3.8) is 0 Å². The van der Waals surface area contributed by atoms with Gasteiger partial charge in [-0.15, -0.1) is 0 Å². The van der Waals surface area contributed by atoms with Gasteiger partial charge in [0.2, 0.25) is 0 Å². The van der Waals surface area contributed by atoms with Gasteiger partial charge in [0.1, 0.15) is 0 Å². The van der Waals surface area contributed by atoms with Crippen LogP contribution < -0.4 is 21.7 Å². The summed E-state index contributed by atoms with van der Waals surface area (Å²) < 4.78 is 0. The molecule has 1 atom stereocenters. The van der Waals surface area contributed by atoms with Crippen molar-refractivity contribution in [1.82, 2.24) is 0 Å². The number of carboxylic acids is 3. The quantitative estimate of drug-likeness (QED) is 0.473. The van der Waals surface area contributed by atoms with Gasteiger partial charge in [0.25, 0.3) is 0 Å². The third-order valence-corrected chi connectivity index (χ3v) is 3.23. The van der Waals surface area contributed by atoms with Gasteiger partial charge >= 0.3 is 5.97 Å². The Morgan fingerprint density at radius 2 is 1.70 bits per heavy atom. The van der Waals surface area contributed by atoms with Crippen LogP contribution in [0.1, 0.15) is 44.9 Å². The topological polar surface area (TPSA) is 171 Å². The maximum atomic E-state index is 10.6. The zero-order valence-electron chi connectivity index (χ0n) is 11.3. The summed E-state index contributed by atoms with van der Waals surface area (Å²) >= 11 is 0. The van der Waals surface area contributed by atoms with Gasteiger partial charge in [-0.05, 0) is 25.7 Å². The van der Waals surface area contributed by atoms with Gasteiger partial charge in [0.15, 0.2) is 5.54 Å². The number of quaternary nitrogens is 1. The summed E-state index contributed by atoms with van der Waals surface area (Å²) in [6.45, 7) is 0. The first-order chi connectivity index (χ1) is 9.19. The van der Waals surface area contributed by atoms with Crippen LogP contribution in [0.4, 0.5) is 0 Å². The number of carbonyl (C=O) groups is 3.